The van der Waals surface area contributed by atoms with E-state index in [1.54, 1.807) is 41.4 Å². The number of halogens is 1. The lowest BCUT2D eigenvalue weighted by Gasteiger charge is -2.16. The minimum atomic E-state index is -0.282. The summed E-state index contributed by atoms with van der Waals surface area (Å²) in [5, 5.41) is 7.08. The van der Waals surface area contributed by atoms with Crippen molar-refractivity contribution in [3.05, 3.63) is 78.3 Å². The molecule has 1 unspecified atom stereocenters. The number of aromatic nitrogens is 2. The maximum atomic E-state index is 13.6. The molecule has 1 amide bonds. The molecular weight excluding hydrogens is 309 g/mol. The average Bonchev–Trinajstić information content (AvgIpc) is 3.28. The highest BCUT2D eigenvalue weighted by molar-refractivity contribution is 5.76. The topological polar surface area (TPSA) is 60.1 Å². The minimum Gasteiger partial charge on any atom is -0.467 e. The maximum Gasteiger partial charge on any atom is 0.220 e. The third-order valence-corrected chi connectivity index (χ3v) is 3.79. The Hall–Kier alpha value is -2.89. The van der Waals surface area contributed by atoms with Crippen LogP contribution in [0, 0.1) is 5.82 Å². The molecule has 3 aromatic rings. The van der Waals surface area contributed by atoms with Crippen molar-refractivity contribution in [3.63, 3.8) is 0 Å². The van der Waals surface area contributed by atoms with Crippen LogP contribution in [0.25, 0.3) is 0 Å². The summed E-state index contributed by atoms with van der Waals surface area (Å²) in [6.07, 6.45) is 5.68. The van der Waals surface area contributed by atoms with Gasteiger partial charge in [0.05, 0.1) is 6.26 Å². The van der Waals surface area contributed by atoms with Gasteiger partial charge in [0.15, 0.2) is 0 Å². The van der Waals surface area contributed by atoms with E-state index >= 15 is 0 Å². The number of carbonyl (C=O) groups is 1. The van der Waals surface area contributed by atoms with E-state index < -0.39 is 0 Å². The normalized spacial score (nSPS) is 12.0. The number of nitrogens with zero attached hydrogens (tertiary/aromatic N) is 2. The molecule has 0 bridgehead atoms. The SMILES string of the molecule is O=C(CCc1ccccc1F)NCC(c1ccco1)n1cccn1. The van der Waals surface area contributed by atoms with Crippen molar-refractivity contribution in [3.8, 4) is 0 Å². The molecule has 5 nitrogen and oxygen atoms in total. The van der Waals surface area contributed by atoms with E-state index in [0.29, 0.717) is 24.3 Å². The van der Waals surface area contributed by atoms with Gasteiger partial charge >= 0.3 is 0 Å². The molecule has 2 heterocycles. The minimum absolute atomic E-state index is 0.137. The van der Waals surface area contributed by atoms with E-state index in [2.05, 4.69) is 10.4 Å². The number of rotatable bonds is 7. The van der Waals surface area contributed by atoms with Gasteiger partial charge in [0, 0.05) is 25.4 Å². The second-order valence-electron chi connectivity index (χ2n) is 5.41. The zero-order chi connectivity index (χ0) is 16.8. The van der Waals surface area contributed by atoms with Crippen LogP contribution in [0.4, 0.5) is 4.39 Å². The number of aryl methyl sites for hydroxylation is 1. The van der Waals surface area contributed by atoms with Crippen molar-refractivity contribution in [1.29, 1.82) is 0 Å². The first-order valence-electron chi connectivity index (χ1n) is 7.76. The highest BCUT2D eigenvalue weighted by Crippen LogP contribution is 2.17. The lowest BCUT2D eigenvalue weighted by molar-refractivity contribution is -0.121. The molecule has 0 aliphatic carbocycles. The van der Waals surface area contributed by atoms with Gasteiger partial charge in [-0.1, -0.05) is 18.2 Å². The zero-order valence-corrected chi connectivity index (χ0v) is 13.1. The quantitative estimate of drug-likeness (QED) is 0.726. The number of nitrogens with one attached hydrogen (secondary N) is 1. The Kier molecular flexibility index (Phi) is 5.05. The van der Waals surface area contributed by atoms with Gasteiger partial charge in [0.1, 0.15) is 17.6 Å². The van der Waals surface area contributed by atoms with Crippen LogP contribution in [0.5, 0.6) is 0 Å². The summed E-state index contributed by atoms with van der Waals surface area (Å²) >= 11 is 0. The van der Waals surface area contributed by atoms with Crippen LogP contribution in [0.1, 0.15) is 23.8 Å². The molecule has 0 radical (unpaired) electrons. The van der Waals surface area contributed by atoms with Gasteiger partial charge in [-0.15, -0.1) is 0 Å². The first kappa shape index (κ1) is 16.0. The van der Waals surface area contributed by atoms with Gasteiger partial charge in [-0.3, -0.25) is 9.48 Å². The molecule has 1 atom stereocenters. The second-order valence-corrected chi connectivity index (χ2v) is 5.41. The van der Waals surface area contributed by atoms with Crippen LogP contribution in [-0.4, -0.2) is 22.2 Å². The van der Waals surface area contributed by atoms with Crippen LogP contribution in [0.15, 0.2) is 65.5 Å². The maximum absolute atomic E-state index is 13.6. The molecule has 3 rings (SSSR count). The number of amides is 1. The fourth-order valence-electron chi connectivity index (χ4n) is 2.52. The molecule has 24 heavy (non-hydrogen) atoms. The summed E-state index contributed by atoms with van der Waals surface area (Å²) in [7, 11) is 0. The molecule has 0 fully saturated rings. The summed E-state index contributed by atoms with van der Waals surface area (Å²) in [6.45, 7) is 0.352. The highest BCUT2D eigenvalue weighted by atomic mass is 19.1. The molecule has 0 spiro atoms. The van der Waals surface area contributed by atoms with Crippen LogP contribution < -0.4 is 5.32 Å². The van der Waals surface area contributed by atoms with Crippen molar-refractivity contribution in [2.45, 2.75) is 18.9 Å². The van der Waals surface area contributed by atoms with Crippen molar-refractivity contribution >= 4 is 5.91 Å². The summed E-state index contributed by atoms with van der Waals surface area (Å²) in [5.41, 5.74) is 0.544. The molecule has 1 N–H and O–H groups in total. The first-order chi connectivity index (χ1) is 11.7. The van der Waals surface area contributed by atoms with Gasteiger partial charge in [-0.25, -0.2) is 4.39 Å². The van der Waals surface area contributed by atoms with Gasteiger partial charge in [0.25, 0.3) is 0 Å². The van der Waals surface area contributed by atoms with Gasteiger partial charge in [-0.2, -0.15) is 5.10 Å². The van der Waals surface area contributed by atoms with Crippen molar-refractivity contribution in [2.75, 3.05) is 6.54 Å². The standard InChI is InChI=1S/C18H18FN3O2/c19-15-6-2-1-5-14(15)8-9-18(23)20-13-16(17-7-3-12-24-17)22-11-4-10-21-22/h1-7,10-12,16H,8-9,13H2,(H,20,23). The number of carbonyl (C=O) groups excluding carboxylic acids is 1. The van der Waals surface area contributed by atoms with Gasteiger partial charge < -0.3 is 9.73 Å². The monoisotopic (exact) mass is 327 g/mol. The Morgan fingerprint density at radius 1 is 1.25 bits per heavy atom. The van der Waals surface area contributed by atoms with E-state index in [-0.39, 0.29) is 24.2 Å². The number of benzene rings is 1. The summed E-state index contributed by atoms with van der Waals surface area (Å²) in [5.74, 6) is 0.297. The Morgan fingerprint density at radius 3 is 2.83 bits per heavy atom. The van der Waals surface area contributed by atoms with E-state index in [1.807, 2.05) is 18.3 Å². The second kappa shape index (κ2) is 7.59. The average molecular weight is 327 g/mol. The molecule has 1 aromatic carbocycles. The molecule has 6 heteroatoms. The van der Waals surface area contributed by atoms with E-state index in [9.17, 15) is 9.18 Å². The number of furan rings is 1. The van der Waals surface area contributed by atoms with Crippen LogP contribution in [-0.2, 0) is 11.2 Å². The first-order valence-corrected chi connectivity index (χ1v) is 7.76. The predicted octanol–water partition coefficient (Wildman–Crippen LogP) is 2.95. The van der Waals surface area contributed by atoms with E-state index in [1.165, 1.54) is 6.07 Å². The molecule has 2 aromatic heterocycles. The lowest BCUT2D eigenvalue weighted by Crippen LogP contribution is -2.31. The predicted molar refractivity (Wildman–Crippen MR) is 86.8 cm³/mol. The molecular formula is C18H18FN3O2. The fourth-order valence-corrected chi connectivity index (χ4v) is 2.52. The number of hydrogen-bond donors (Lipinski definition) is 1. The lowest BCUT2D eigenvalue weighted by atomic mass is 10.1. The molecule has 0 saturated carbocycles. The third kappa shape index (κ3) is 3.90. The largest absolute Gasteiger partial charge is 0.467 e. The fraction of sp³-hybridized carbons (Fsp3) is 0.222. The zero-order valence-electron chi connectivity index (χ0n) is 13.1. The Labute approximate surface area is 139 Å². The highest BCUT2D eigenvalue weighted by Gasteiger charge is 2.18. The molecule has 0 saturated heterocycles. The van der Waals surface area contributed by atoms with E-state index in [4.69, 9.17) is 4.42 Å². The molecule has 0 aliphatic heterocycles. The summed E-state index contributed by atoms with van der Waals surface area (Å²) < 4.78 is 20.7. The van der Waals surface area contributed by atoms with E-state index in [0.717, 1.165) is 0 Å². The van der Waals surface area contributed by atoms with Crippen LogP contribution >= 0.6 is 0 Å². The van der Waals surface area contributed by atoms with Gasteiger partial charge in [0.2, 0.25) is 5.91 Å². The van der Waals surface area contributed by atoms with Crippen LogP contribution in [0.2, 0.25) is 0 Å². The van der Waals surface area contributed by atoms with Crippen molar-refractivity contribution in [1.82, 2.24) is 15.1 Å². The Balaban J connectivity index is 1.57. The Bertz CT molecular complexity index is 735. The van der Waals surface area contributed by atoms with Crippen molar-refractivity contribution < 1.29 is 13.6 Å². The van der Waals surface area contributed by atoms with Crippen molar-refractivity contribution in [2.24, 2.45) is 0 Å². The molecule has 0 aliphatic rings. The third-order valence-electron chi connectivity index (χ3n) is 3.79. The molecule has 124 valence electrons. The smallest absolute Gasteiger partial charge is 0.220 e. The van der Waals surface area contributed by atoms with Gasteiger partial charge in [-0.05, 0) is 36.2 Å². The summed E-state index contributed by atoms with van der Waals surface area (Å²) in [6, 6.07) is 11.7. The Morgan fingerprint density at radius 2 is 2.12 bits per heavy atom. The van der Waals surface area contributed by atoms with Crippen LogP contribution in [0.3, 0.4) is 0 Å². The summed E-state index contributed by atoms with van der Waals surface area (Å²) in [4.78, 5) is 12.1. The number of hydrogen-bond acceptors (Lipinski definition) is 3.